The zero-order chi connectivity index (χ0) is 13.7. The van der Waals surface area contributed by atoms with Crippen molar-refractivity contribution >= 4 is 5.97 Å². The maximum Gasteiger partial charge on any atom is 0.306 e. The summed E-state index contributed by atoms with van der Waals surface area (Å²) in [6.07, 6.45) is 1.67. The second kappa shape index (κ2) is 6.71. The first-order chi connectivity index (χ1) is 9.17. The number of carbonyl (C=O) groups excluding carboxylic acids is 1. The molecule has 0 aromatic heterocycles. The Morgan fingerprint density at radius 2 is 2.11 bits per heavy atom. The molecule has 1 aromatic carbocycles. The summed E-state index contributed by atoms with van der Waals surface area (Å²) >= 11 is 0. The van der Waals surface area contributed by atoms with Crippen LogP contribution in [0.5, 0.6) is 0 Å². The molecule has 0 aliphatic carbocycles. The fraction of sp³-hybridized carbons (Fsp3) is 0.562. The summed E-state index contributed by atoms with van der Waals surface area (Å²) in [5, 5.41) is 0. The number of nitrogens with zero attached hydrogens (tertiary/aromatic N) is 1. The zero-order valence-corrected chi connectivity index (χ0v) is 11.9. The highest BCUT2D eigenvalue weighted by molar-refractivity contribution is 5.69. The van der Waals surface area contributed by atoms with Crippen LogP contribution < -0.4 is 0 Å². The van der Waals surface area contributed by atoms with E-state index in [1.807, 2.05) is 6.92 Å². The highest BCUT2D eigenvalue weighted by Crippen LogP contribution is 2.22. The average molecular weight is 261 g/mol. The summed E-state index contributed by atoms with van der Waals surface area (Å²) in [4.78, 5) is 13.9. The molecule has 1 heterocycles. The monoisotopic (exact) mass is 261 g/mol. The van der Waals surface area contributed by atoms with Crippen LogP contribution in [0, 0.1) is 12.8 Å². The Bertz CT molecular complexity index is 413. The van der Waals surface area contributed by atoms with E-state index in [-0.39, 0.29) is 5.97 Å². The lowest BCUT2D eigenvalue weighted by Gasteiger charge is -2.16. The highest BCUT2D eigenvalue weighted by Gasteiger charge is 2.24. The molecule has 104 valence electrons. The van der Waals surface area contributed by atoms with Crippen molar-refractivity contribution in [3.8, 4) is 0 Å². The molecule has 0 saturated carbocycles. The minimum Gasteiger partial charge on any atom is -0.466 e. The molecule has 19 heavy (non-hydrogen) atoms. The maximum atomic E-state index is 11.5. The molecule has 1 fully saturated rings. The molecule has 1 aliphatic rings. The second-order valence-electron chi connectivity index (χ2n) is 5.38. The third kappa shape index (κ3) is 4.35. The van der Waals surface area contributed by atoms with Gasteiger partial charge in [-0.1, -0.05) is 29.8 Å². The summed E-state index contributed by atoms with van der Waals surface area (Å²) in [5.41, 5.74) is 2.65. The van der Waals surface area contributed by atoms with E-state index in [1.165, 1.54) is 11.1 Å². The van der Waals surface area contributed by atoms with E-state index in [1.54, 1.807) is 0 Å². The van der Waals surface area contributed by atoms with Crippen molar-refractivity contribution in [3.63, 3.8) is 0 Å². The number of carbonyl (C=O) groups is 1. The summed E-state index contributed by atoms with van der Waals surface area (Å²) in [7, 11) is 0. The van der Waals surface area contributed by atoms with E-state index < -0.39 is 0 Å². The molecule has 0 bridgehead atoms. The van der Waals surface area contributed by atoms with Gasteiger partial charge in [0.15, 0.2) is 0 Å². The van der Waals surface area contributed by atoms with E-state index in [2.05, 4.69) is 36.1 Å². The predicted molar refractivity (Wildman–Crippen MR) is 75.8 cm³/mol. The van der Waals surface area contributed by atoms with Gasteiger partial charge in [-0.3, -0.25) is 9.69 Å². The average Bonchev–Trinajstić information content (AvgIpc) is 2.80. The Hall–Kier alpha value is -1.35. The minimum absolute atomic E-state index is 0.0512. The number of hydrogen-bond donors (Lipinski definition) is 0. The Morgan fingerprint density at radius 1 is 1.37 bits per heavy atom. The summed E-state index contributed by atoms with van der Waals surface area (Å²) in [5.74, 6) is 0.411. The van der Waals surface area contributed by atoms with Crippen LogP contribution in [0.3, 0.4) is 0 Å². The molecule has 0 amide bonds. The van der Waals surface area contributed by atoms with Crippen molar-refractivity contribution in [2.24, 2.45) is 5.92 Å². The summed E-state index contributed by atoms with van der Waals surface area (Å²) < 4.78 is 5.01. The third-order valence-electron chi connectivity index (χ3n) is 3.66. The standard InChI is InChI=1S/C16H23NO2/c1-3-19-16(18)10-15-8-9-17(12-15)11-14-6-4-13(2)5-7-14/h4-7,15H,3,8-12H2,1-2H3. The smallest absolute Gasteiger partial charge is 0.306 e. The van der Waals surface area contributed by atoms with Gasteiger partial charge < -0.3 is 4.74 Å². The molecule has 2 rings (SSSR count). The lowest BCUT2D eigenvalue weighted by Crippen LogP contribution is -2.21. The van der Waals surface area contributed by atoms with Gasteiger partial charge in [-0.2, -0.15) is 0 Å². The van der Waals surface area contributed by atoms with Crippen molar-refractivity contribution in [3.05, 3.63) is 35.4 Å². The van der Waals surface area contributed by atoms with Gasteiger partial charge in [0.2, 0.25) is 0 Å². The van der Waals surface area contributed by atoms with Gasteiger partial charge >= 0.3 is 5.97 Å². The van der Waals surface area contributed by atoms with Crippen molar-refractivity contribution in [1.29, 1.82) is 0 Å². The Kier molecular flexibility index (Phi) is 4.97. The molecule has 1 aliphatic heterocycles. The number of rotatable bonds is 5. The molecule has 3 heteroatoms. The van der Waals surface area contributed by atoms with Crippen LogP contribution in [0.1, 0.15) is 30.9 Å². The van der Waals surface area contributed by atoms with Crippen LogP contribution in [0.2, 0.25) is 0 Å². The van der Waals surface area contributed by atoms with E-state index in [4.69, 9.17) is 4.74 Å². The number of ether oxygens (including phenoxy) is 1. The van der Waals surface area contributed by atoms with E-state index in [0.29, 0.717) is 18.9 Å². The molecule has 1 aromatic rings. The van der Waals surface area contributed by atoms with Crippen LogP contribution in [0.25, 0.3) is 0 Å². The lowest BCUT2D eigenvalue weighted by atomic mass is 10.1. The van der Waals surface area contributed by atoms with Crippen molar-refractivity contribution in [2.75, 3.05) is 19.7 Å². The van der Waals surface area contributed by atoms with Crippen LogP contribution in [-0.2, 0) is 16.1 Å². The van der Waals surface area contributed by atoms with E-state index >= 15 is 0 Å². The normalized spacial score (nSPS) is 19.6. The van der Waals surface area contributed by atoms with Crippen molar-refractivity contribution < 1.29 is 9.53 Å². The van der Waals surface area contributed by atoms with Crippen LogP contribution in [0.4, 0.5) is 0 Å². The van der Waals surface area contributed by atoms with Crippen molar-refractivity contribution in [1.82, 2.24) is 4.90 Å². The summed E-state index contributed by atoms with van der Waals surface area (Å²) in [6.45, 7) is 7.52. The van der Waals surface area contributed by atoms with Crippen molar-refractivity contribution in [2.45, 2.75) is 33.2 Å². The second-order valence-corrected chi connectivity index (χ2v) is 5.38. The SMILES string of the molecule is CCOC(=O)CC1CCN(Cc2ccc(C)cc2)C1. The first-order valence-electron chi connectivity index (χ1n) is 7.11. The first kappa shape index (κ1) is 14.1. The number of likely N-dealkylation sites (tertiary alicyclic amines) is 1. The first-order valence-corrected chi connectivity index (χ1v) is 7.11. The van der Waals surface area contributed by atoms with Crippen LogP contribution >= 0.6 is 0 Å². The van der Waals surface area contributed by atoms with Gasteiger partial charge in [0.1, 0.15) is 0 Å². The fourth-order valence-electron chi connectivity index (χ4n) is 2.63. The van der Waals surface area contributed by atoms with Gasteiger partial charge in [0.05, 0.1) is 6.61 Å². The zero-order valence-electron chi connectivity index (χ0n) is 11.9. The van der Waals surface area contributed by atoms with Gasteiger partial charge in [-0.05, 0) is 38.3 Å². The van der Waals surface area contributed by atoms with Crippen LogP contribution in [-0.4, -0.2) is 30.6 Å². The third-order valence-corrected chi connectivity index (χ3v) is 3.66. The number of esters is 1. The molecule has 3 nitrogen and oxygen atoms in total. The molecular weight excluding hydrogens is 238 g/mol. The minimum atomic E-state index is -0.0512. The molecule has 1 saturated heterocycles. The summed E-state index contributed by atoms with van der Waals surface area (Å²) in [6, 6.07) is 8.69. The molecule has 0 spiro atoms. The highest BCUT2D eigenvalue weighted by atomic mass is 16.5. The van der Waals surface area contributed by atoms with Gasteiger partial charge in [0.25, 0.3) is 0 Å². The van der Waals surface area contributed by atoms with E-state index in [0.717, 1.165) is 26.1 Å². The topological polar surface area (TPSA) is 29.5 Å². The quantitative estimate of drug-likeness (QED) is 0.763. The fourth-order valence-corrected chi connectivity index (χ4v) is 2.63. The van der Waals surface area contributed by atoms with Gasteiger partial charge in [-0.15, -0.1) is 0 Å². The maximum absolute atomic E-state index is 11.5. The Morgan fingerprint density at radius 3 is 2.79 bits per heavy atom. The van der Waals surface area contributed by atoms with Gasteiger partial charge in [-0.25, -0.2) is 0 Å². The molecule has 1 atom stereocenters. The predicted octanol–water partition coefficient (Wildman–Crippen LogP) is 2.77. The number of hydrogen-bond acceptors (Lipinski definition) is 3. The lowest BCUT2D eigenvalue weighted by molar-refractivity contribution is -0.144. The Labute approximate surface area is 115 Å². The van der Waals surface area contributed by atoms with Gasteiger partial charge in [0, 0.05) is 19.5 Å². The molecule has 0 radical (unpaired) electrons. The van der Waals surface area contributed by atoms with E-state index in [9.17, 15) is 4.79 Å². The molecular formula is C16H23NO2. The Balaban J connectivity index is 1.78. The van der Waals surface area contributed by atoms with Crippen LogP contribution in [0.15, 0.2) is 24.3 Å². The molecule has 1 unspecified atom stereocenters. The largest absolute Gasteiger partial charge is 0.466 e. The number of aryl methyl sites for hydroxylation is 1. The molecule has 0 N–H and O–H groups in total. The number of benzene rings is 1.